The number of rotatable bonds is 8. The van der Waals surface area contributed by atoms with E-state index < -0.39 is 0 Å². The summed E-state index contributed by atoms with van der Waals surface area (Å²) in [5.74, 6) is 0.801. The second-order valence-corrected chi connectivity index (χ2v) is 6.74. The Balaban J connectivity index is 1.54. The van der Waals surface area contributed by atoms with Crippen LogP contribution in [-0.4, -0.2) is 39.7 Å². The molecule has 1 aliphatic heterocycles. The summed E-state index contributed by atoms with van der Waals surface area (Å²) in [6, 6.07) is 2.15. The Morgan fingerprint density at radius 1 is 1.42 bits per heavy atom. The molecule has 1 saturated carbocycles. The van der Waals surface area contributed by atoms with E-state index in [1.165, 1.54) is 24.1 Å². The molecule has 0 N–H and O–H groups in total. The van der Waals surface area contributed by atoms with Gasteiger partial charge in [0.2, 0.25) is 0 Å². The van der Waals surface area contributed by atoms with Crippen LogP contribution in [0, 0.1) is 5.92 Å². The van der Waals surface area contributed by atoms with Gasteiger partial charge in [0.15, 0.2) is 0 Å². The molecular weight excluding hydrogens is 304 g/mol. The van der Waals surface area contributed by atoms with Crippen molar-refractivity contribution in [3.05, 3.63) is 48.2 Å². The van der Waals surface area contributed by atoms with Crippen LogP contribution in [0.25, 0.3) is 0 Å². The quantitative estimate of drug-likeness (QED) is 0.551. The predicted molar refractivity (Wildman–Crippen MR) is 89.3 cm³/mol. The maximum atomic E-state index is 5.77. The lowest BCUT2D eigenvalue weighted by atomic mass is 10.0. The van der Waals surface area contributed by atoms with Crippen molar-refractivity contribution in [1.82, 2.24) is 19.9 Å². The molecule has 2 aromatic rings. The lowest BCUT2D eigenvalue weighted by Crippen LogP contribution is -2.38. The molecule has 4 rings (SSSR count). The van der Waals surface area contributed by atoms with Crippen molar-refractivity contribution in [1.29, 1.82) is 0 Å². The van der Waals surface area contributed by atoms with Gasteiger partial charge in [-0.15, -0.1) is 11.7 Å². The number of aromatic nitrogens is 3. The zero-order valence-corrected chi connectivity index (χ0v) is 13.9. The largest absolute Gasteiger partial charge is 0.472 e. The summed E-state index contributed by atoms with van der Waals surface area (Å²) in [5, 5.41) is 8.95. The summed E-state index contributed by atoms with van der Waals surface area (Å²) in [7, 11) is 0. The van der Waals surface area contributed by atoms with E-state index in [1.807, 2.05) is 6.07 Å². The second-order valence-electron chi connectivity index (χ2n) is 6.74. The number of furan rings is 1. The van der Waals surface area contributed by atoms with Crippen LogP contribution in [0.5, 0.6) is 0 Å². The molecule has 0 amide bonds. The molecule has 1 atom stereocenters. The zero-order valence-electron chi connectivity index (χ0n) is 13.9. The molecule has 0 bridgehead atoms. The highest BCUT2D eigenvalue weighted by Crippen LogP contribution is 2.34. The van der Waals surface area contributed by atoms with Crippen LogP contribution >= 0.6 is 0 Å². The van der Waals surface area contributed by atoms with Gasteiger partial charge in [-0.1, -0.05) is 11.3 Å². The van der Waals surface area contributed by atoms with Crippen LogP contribution in [0.4, 0.5) is 0 Å². The molecule has 0 saturated heterocycles. The Morgan fingerprint density at radius 2 is 2.33 bits per heavy atom. The van der Waals surface area contributed by atoms with Crippen molar-refractivity contribution in [3.63, 3.8) is 0 Å². The summed E-state index contributed by atoms with van der Waals surface area (Å²) in [6.07, 6.45) is 8.96. The van der Waals surface area contributed by atoms with E-state index in [0.29, 0.717) is 13.2 Å². The molecule has 6 nitrogen and oxygen atoms in total. The van der Waals surface area contributed by atoms with Crippen molar-refractivity contribution in [2.75, 3.05) is 19.8 Å². The van der Waals surface area contributed by atoms with Gasteiger partial charge in [0.05, 0.1) is 37.5 Å². The highest BCUT2D eigenvalue weighted by molar-refractivity contribution is 5.20. The average Bonchev–Trinajstić information content (AvgIpc) is 3.08. The Bertz CT molecular complexity index is 675. The number of hydrogen-bond donors (Lipinski definition) is 0. The molecule has 1 aliphatic carbocycles. The van der Waals surface area contributed by atoms with Crippen LogP contribution in [0.3, 0.4) is 0 Å². The predicted octanol–water partition coefficient (Wildman–Crippen LogP) is 2.58. The molecule has 3 heterocycles. The molecule has 2 aromatic heterocycles. The Labute approximate surface area is 142 Å². The van der Waals surface area contributed by atoms with Gasteiger partial charge >= 0.3 is 0 Å². The third-order valence-electron chi connectivity index (χ3n) is 4.87. The number of fused-ring (bicyclic) bond motifs is 1. The van der Waals surface area contributed by atoms with Crippen LogP contribution in [-0.2, 0) is 24.2 Å². The molecule has 0 spiro atoms. The summed E-state index contributed by atoms with van der Waals surface area (Å²) >= 11 is 0. The minimum Gasteiger partial charge on any atom is -0.472 e. The minimum absolute atomic E-state index is 0.136. The first kappa shape index (κ1) is 15.6. The van der Waals surface area contributed by atoms with E-state index in [0.717, 1.165) is 37.7 Å². The van der Waals surface area contributed by atoms with Gasteiger partial charge in [-0.2, -0.15) is 0 Å². The van der Waals surface area contributed by atoms with Crippen molar-refractivity contribution >= 4 is 0 Å². The minimum atomic E-state index is 0.136. The van der Waals surface area contributed by atoms with Gasteiger partial charge in [-0.3, -0.25) is 4.90 Å². The van der Waals surface area contributed by atoms with Crippen molar-refractivity contribution in [3.8, 4) is 0 Å². The Hall–Kier alpha value is -1.92. The average molecular weight is 328 g/mol. The van der Waals surface area contributed by atoms with Gasteiger partial charge in [-0.25, -0.2) is 4.68 Å². The molecule has 1 unspecified atom stereocenters. The molecule has 0 aromatic carbocycles. The van der Waals surface area contributed by atoms with Crippen molar-refractivity contribution < 1.29 is 9.15 Å². The van der Waals surface area contributed by atoms with Crippen LogP contribution < -0.4 is 0 Å². The highest BCUT2D eigenvalue weighted by atomic mass is 16.5. The number of hydrogen-bond acceptors (Lipinski definition) is 5. The SMILES string of the molecule is C=CCOCC1c2nnn(CC3CC3)c2CCN1Cc1ccoc1. The van der Waals surface area contributed by atoms with E-state index in [9.17, 15) is 0 Å². The van der Waals surface area contributed by atoms with Crippen molar-refractivity contribution in [2.24, 2.45) is 5.92 Å². The van der Waals surface area contributed by atoms with E-state index in [-0.39, 0.29) is 6.04 Å². The van der Waals surface area contributed by atoms with Gasteiger partial charge in [0.1, 0.15) is 5.69 Å². The van der Waals surface area contributed by atoms with Crippen LogP contribution in [0.2, 0.25) is 0 Å². The normalized spacial score (nSPS) is 20.9. The third kappa shape index (κ3) is 3.30. The first-order chi connectivity index (χ1) is 11.8. The molecule has 2 aliphatic rings. The molecule has 1 fully saturated rings. The van der Waals surface area contributed by atoms with E-state index in [4.69, 9.17) is 9.15 Å². The zero-order chi connectivity index (χ0) is 16.4. The highest BCUT2D eigenvalue weighted by Gasteiger charge is 2.33. The fraction of sp³-hybridized carbons (Fsp3) is 0.556. The number of nitrogens with zero attached hydrogens (tertiary/aromatic N) is 4. The van der Waals surface area contributed by atoms with Gasteiger partial charge in [0.25, 0.3) is 0 Å². The van der Waals surface area contributed by atoms with Gasteiger partial charge in [0, 0.05) is 31.6 Å². The molecular formula is C18H24N4O2. The van der Waals surface area contributed by atoms with E-state index in [2.05, 4.69) is 26.5 Å². The maximum Gasteiger partial charge on any atom is 0.105 e. The molecule has 128 valence electrons. The standard InChI is InChI=1S/C18H24N4O2/c1-2-8-23-13-17-18-16(22(20-19-18)11-14-3-4-14)5-7-21(17)10-15-6-9-24-12-15/h2,6,9,12,14,17H,1,3-5,7-8,10-11,13H2. The van der Waals surface area contributed by atoms with Crippen LogP contribution in [0.1, 0.15) is 35.8 Å². The maximum absolute atomic E-state index is 5.77. The van der Waals surface area contributed by atoms with Crippen LogP contribution in [0.15, 0.2) is 35.7 Å². The molecule has 0 radical (unpaired) electrons. The third-order valence-corrected chi connectivity index (χ3v) is 4.87. The fourth-order valence-electron chi connectivity index (χ4n) is 3.39. The second kappa shape index (κ2) is 6.91. The monoisotopic (exact) mass is 328 g/mol. The van der Waals surface area contributed by atoms with Crippen molar-refractivity contribution in [2.45, 2.75) is 38.4 Å². The Morgan fingerprint density at radius 3 is 3.08 bits per heavy atom. The summed E-state index contributed by atoms with van der Waals surface area (Å²) < 4.78 is 13.1. The molecule has 6 heteroatoms. The Kier molecular flexibility index (Phi) is 4.49. The molecule has 24 heavy (non-hydrogen) atoms. The fourth-order valence-corrected chi connectivity index (χ4v) is 3.39. The summed E-state index contributed by atoms with van der Waals surface area (Å²) in [4.78, 5) is 2.41. The first-order valence-electron chi connectivity index (χ1n) is 8.71. The lowest BCUT2D eigenvalue weighted by Gasteiger charge is -2.34. The van der Waals surface area contributed by atoms with Gasteiger partial charge < -0.3 is 9.15 Å². The first-order valence-corrected chi connectivity index (χ1v) is 8.71. The summed E-state index contributed by atoms with van der Waals surface area (Å²) in [5.41, 5.74) is 3.55. The smallest absolute Gasteiger partial charge is 0.105 e. The lowest BCUT2D eigenvalue weighted by molar-refractivity contribution is 0.0597. The van der Waals surface area contributed by atoms with E-state index >= 15 is 0 Å². The van der Waals surface area contributed by atoms with E-state index in [1.54, 1.807) is 18.6 Å². The van der Waals surface area contributed by atoms with Gasteiger partial charge in [-0.05, 0) is 24.8 Å². The number of ether oxygens (including phenoxy) is 1. The topological polar surface area (TPSA) is 56.3 Å². The summed E-state index contributed by atoms with van der Waals surface area (Å²) in [6.45, 7) is 7.74.